The van der Waals surface area contributed by atoms with Gasteiger partial charge in [-0.2, -0.15) is 0 Å². The normalized spacial score (nSPS) is 42.2. The predicted octanol–water partition coefficient (Wildman–Crippen LogP) is 3.37. The number of rotatable bonds is 10. The summed E-state index contributed by atoms with van der Waals surface area (Å²) in [4.78, 5) is 51.7. The zero-order valence-corrected chi connectivity index (χ0v) is 28.0. The van der Waals surface area contributed by atoms with Crippen molar-refractivity contribution < 1.29 is 38.7 Å². The van der Waals surface area contributed by atoms with E-state index >= 15 is 0 Å². The number of carbonyl (C=O) groups excluding carboxylic acids is 4. The number of likely N-dealkylation sites (N-methyl/N-ethyl adjacent to an activating group) is 1. The molecule has 2 N–H and O–H groups in total. The molecular formula is C36H54NO7+. The number of hydrogen-bond acceptors (Lipinski definition) is 7. The van der Waals surface area contributed by atoms with E-state index in [0.29, 0.717) is 18.3 Å². The van der Waals surface area contributed by atoms with E-state index in [9.17, 15) is 24.3 Å². The molecule has 4 fully saturated rings. The molecule has 5 rings (SSSR count). The fraction of sp³-hybridized carbons (Fsp3) is 0.778. The van der Waals surface area contributed by atoms with Crippen molar-refractivity contribution in [1.82, 2.24) is 0 Å². The molecule has 244 valence electrons. The first-order valence-corrected chi connectivity index (χ1v) is 16.7. The fourth-order valence-corrected chi connectivity index (χ4v) is 11.2. The Labute approximate surface area is 263 Å². The average Bonchev–Trinajstić information content (AvgIpc) is 3.56. The van der Waals surface area contributed by atoms with Gasteiger partial charge in [-0.25, -0.2) is 4.79 Å². The Morgan fingerprint density at radius 2 is 1.82 bits per heavy atom. The smallest absolute Gasteiger partial charge is 0.361 e. The topological polar surface area (TPSA) is 111 Å². The molecule has 0 amide bonds. The average molecular weight is 613 g/mol. The summed E-state index contributed by atoms with van der Waals surface area (Å²) in [6.07, 6.45) is 8.20. The largest absolute Gasteiger partial charge is 0.462 e. The third-order valence-corrected chi connectivity index (χ3v) is 13.6. The zero-order valence-electron chi connectivity index (χ0n) is 28.0. The van der Waals surface area contributed by atoms with E-state index in [1.54, 1.807) is 6.92 Å². The summed E-state index contributed by atoms with van der Waals surface area (Å²) in [7, 11) is 3.72. The maximum atomic E-state index is 13.6. The van der Waals surface area contributed by atoms with Gasteiger partial charge in [0.05, 0.1) is 20.7 Å². The number of esters is 2. The number of Topliss-reactive ketones (excluding diaryl/α,β-unsaturated/α-hetero) is 1. The molecule has 0 heterocycles. The quantitative estimate of drug-likeness (QED) is 0.288. The molecular weight excluding hydrogens is 558 g/mol. The van der Waals surface area contributed by atoms with Crippen molar-refractivity contribution >= 4 is 23.5 Å². The summed E-state index contributed by atoms with van der Waals surface area (Å²) < 4.78 is 11.4. The van der Waals surface area contributed by atoms with Crippen LogP contribution >= 0.6 is 0 Å². The van der Waals surface area contributed by atoms with E-state index in [-0.39, 0.29) is 69.9 Å². The van der Waals surface area contributed by atoms with Gasteiger partial charge in [0, 0.05) is 24.7 Å². The molecule has 44 heavy (non-hydrogen) atoms. The molecule has 0 saturated heterocycles. The predicted molar refractivity (Wildman–Crippen MR) is 165 cm³/mol. The number of fused-ring (bicyclic) bond motifs is 2. The lowest BCUT2D eigenvalue weighted by Crippen LogP contribution is -3.06. The molecule has 0 aromatic heterocycles. The van der Waals surface area contributed by atoms with E-state index in [0.717, 1.165) is 37.0 Å². The minimum absolute atomic E-state index is 0.0260. The number of hydrogen-bond donors (Lipinski definition) is 2. The van der Waals surface area contributed by atoms with Crippen molar-refractivity contribution in [2.24, 2.45) is 57.2 Å². The SMILES string of the molecule is C=C(C(=O)[C@H](O)[C@@H](C)[C@H]1[C@@H](OC(C)=O)C[C@@]2(C)[C@@H]3CC[C@H]4[C@H](C)C(=O)C=C[C@@]45C[C@@]35CC[C@]12C)[C@@H](C)COC(=O)C[NH+](C)C. The summed E-state index contributed by atoms with van der Waals surface area (Å²) >= 11 is 0. The van der Waals surface area contributed by atoms with Crippen LogP contribution in [-0.4, -0.2) is 68.1 Å². The van der Waals surface area contributed by atoms with Gasteiger partial charge in [0.2, 0.25) is 0 Å². The Morgan fingerprint density at radius 3 is 2.45 bits per heavy atom. The maximum Gasteiger partial charge on any atom is 0.361 e. The second kappa shape index (κ2) is 11.2. The van der Waals surface area contributed by atoms with Gasteiger partial charge >= 0.3 is 11.9 Å². The van der Waals surface area contributed by atoms with Gasteiger partial charge in [-0.15, -0.1) is 0 Å². The highest BCUT2D eigenvalue weighted by molar-refractivity contribution is 5.98. The van der Waals surface area contributed by atoms with Crippen LogP contribution in [0.15, 0.2) is 24.3 Å². The summed E-state index contributed by atoms with van der Waals surface area (Å²) in [5.74, 6) is -1.17. The van der Waals surface area contributed by atoms with E-state index in [1.165, 1.54) is 6.92 Å². The molecule has 8 nitrogen and oxygen atoms in total. The van der Waals surface area contributed by atoms with Gasteiger partial charge in [0.1, 0.15) is 12.2 Å². The van der Waals surface area contributed by atoms with Crippen molar-refractivity contribution in [2.45, 2.75) is 92.3 Å². The molecule has 0 radical (unpaired) electrons. The van der Waals surface area contributed by atoms with E-state index in [4.69, 9.17) is 9.47 Å². The third-order valence-electron chi connectivity index (χ3n) is 13.6. The lowest BCUT2D eigenvalue weighted by atomic mass is 9.43. The monoisotopic (exact) mass is 612 g/mol. The zero-order chi connectivity index (χ0) is 32.6. The molecule has 4 saturated carbocycles. The van der Waals surface area contributed by atoms with Crippen LogP contribution in [0.25, 0.3) is 0 Å². The summed E-state index contributed by atoms with van der Waals surface area (Å²) in [6.45, 7) is 16.1. The molecule has 0 aromatic rings. The Bertz CT molecular complexity index is 1270. The first kappa shape index (κ1) is 33.1. The van der Waals surface area contributed by atoms with Crippen molar-refractivity contribution in [2.75, 3.05) is 27.2 Å². The maximum absolute atomic E-state index is 13.6. The Kier molecular flexibility index (Phi) is 8.40. The van der Waals surface area contributed by atoms with Gasteiger partial charge in [0.15, 0.2) is 18.1 Å². The number of ether oxygens (including phenoxy) is 2. The fourth-order valence-electron chi connectivity index (χ4n) is 11.2. The standard InChI is InChI=1S/C36H53NO7/c1-20(18-43-29(40)17-37(8)9)21(2)31(41)32(42)23(4)30-27(44-24(5)38)16-34(7)28-11-10-25-22(3)26(39)12-13-35(25)19-36(28,35)15-14-33(30,34)6/h12-13,20,22-23,25,27-28,30,32,42H,2,10-11,14-19H2,1,3-9H3/p+1/t20-,22-,23-,25-,27-,28-,30-,32+,33+,34-,35+,36-/m0/s1. The van der Waals surface area contributed by atoms with Crippen LogP contribution in [0.2, 0.25) is 0 Å². The van der Waals surface area contributed by atoms with E-state index < -0.39 is 29.8 Å². The second-order valence-corrected chi connectivity index (χ2v) is 16.0. The van der Waals surface area contributed by atoms with Crippen LogP contribution in [0.1, 0.15) is 80.1 Å². The second-order valence-electron chi connectivity index (χ2n) is 16.0. The van der Waals surface area contributed by atoms with Gasteiger partial charge in [-0.1, -0.05) is 47.3 Å². The Hall–Kier alpha value is -2.32. The van der Waals surface area contributed by atoms with Crippen LogP contribution in [0, 0.1) is 57.2 Å². The van der Waals surface area contributed by atoms with Crippen LogP contribution in [-0.2, 0) is 28.7 Å². The first-order chi connectivity index (χ1) is 20.5. The molecule has 8 heteroatoms. The number of carbonyl (C=O) groups is 4. The summed E-state index contributed by atoms with van der Waals surface area (Å²) in [6, 6.07) is 0. The van der Waals surface area contributed by atoms with Crippen molar-refractivity contribution in [1.29, 1.82) is 0 Å². The van der Waals surface area contributed by atoms with Crippen molar-refractivity contribution in [3.8, 4) is 0 Å². The number of ketones is 2. The molecule has 5 aliphatic rings. The van der Waals surface area contributed by atoms with Crippen LogP contribution < -0.4 is 4.90 Å². The lowest BCUT2D eigenvalue weighted by molar-refractivity contribution is -0.850. The number of quaternary nitrogens is 1. The third kappa shape index (κ3) is 4.76. The van der Waals surface area contributed by atoms with Crippen molar-refractivity contribution in [3.63, 3.8) is 0 Å². The van der Waals surface area contributed by atoms with Gasteiger partial charge in [-0.05, 0) is 89.6 Å². The number of nitrogens with one attached hydrogen (secondary N) is 1. The Balaban J connectivity index is 1.38. The van der Waals surface area contributed by atoms with E-state index in [2.05, 4.69) is 33.4 Å². The lowest BCUT2D eigenvalue weighted by Gasteiger charge is -2.61. The van der Waals surface area contributed by atoms with Crippen LogP contribution in [0.4, 0.5) is 0 Å². The minimum atomic E-state index is -1.32. The first-order valence-electron chi connectivity index (χ1n) is 16.7. The minimum Gasteiger partial charge on any atom is -0.462 e. The van der Waals surface area contributed by atoms with Crippen LogP contribution in [0.5, 0.6) is 0 Å². The summed E-state index contributed by atoms with van der Waals surface area (Å²) in [5, 5.41) is 11.6. The van der Waals surface area contributed by atoms with E-state index in [1.807, 2.05) is 27.1 Å². The molecule has 2 spiro atoms. The number of aliphatic hydroxyl groups is 1. The molecule has 0 aromatic carbocycles. The van der Waals surface area contributed by atoms with Gasteiger partial charge in [0.25, 0.3) is 0 Å². The molecule has 0 aliphatic heterocycles. The molecule has 5 aliphatic carbocycles. The van der Waals surface area contributed by atoms with Gasteiger partial charge < -0.3 is 19.5 Å². The highest BCUT2D eigenvalue weighted by atomic mass is 16.5. The molecule has 12 atom stereocenters. The van der Waals surface area contributed by atoms with Crippen molar-refractivity contribution in [3.05, 3.63) is 24.3 Å². The molecule has 0 bridgehead atoms. The van der Waals surface area contributed by atoms with Gasteiger partial charge in [-0.3, -0.25) is 14.4 Å². The van der Waals surface area contributed by atoms with Crippen LogP contribution in [0.3, 0.4) is 0 Å². The number of aliphatic hydroxyl groups excluding tert-OH is 1. The number of allylic oxidation sites excluding steroid dienone is 2. The highest BCUT2D eigenvalue weighted by Crippen LogP contribution is 2.87. The Morgan fingerprint density at radius 1 is 1.14 bits per heavy atom. The highest BCUT2D eigenvalue weighted by Gasteiger charge is 2.81. The molecule has 0 unspecified atom stereocenters. The summed E-state index contributed by atoms with van der Waals surface area (Å²) in [5.41, 5.74) is 0.0370.